The zero-order chi connectivity index (χ0) is 35.3. The number of allylic oxidation sites excluding steroid dienone is 7. The van der Waals surface area contributed by atoms with Crippen LogP contribution in [-0.4, -0.2) is 22.1 Å². The Bertz CT molecular complexity index is 2560. The molecule has 1 aromatic heterocycles. The van der Waals surface area contributed by atoms with Gasteiger partial charge < -0.3 is 4.98 Å². The van der Waals surface area contributed by atoms with Crippen LogP contribution in [-0.2, 0) is 16.8 Å². The van der Waals surface area contributed by atoms with Crippen LogP contribution in [0.5, 0.6) is 0 Å². The van der Waals surface area contributed by atoms with E-state index in [-0.39, 0.29) is 16.8 Å². The molecule has 1 radical (unpaired) electrons. The molecule has 0 saturated heterocycles. The van der Waals surface area contributed by atoms with Gasteiger partial charge in [-0.15, -0.1) is 29.8 Å². The van der Waals surface area contributed by atoms with Crippen molar-refractivity contribution in [3.63, 3.8) is 0 Å². The molecular weight excluding hydrogens is 963 g/mol. The number of fused-ring (bicyclic) bond motifs is 5. The Kier molecular flexibility index (Phi) is 10.1. The second-order valence-electron chi connectivity index (χ2n) is 12.4. The fraction of sp³-hybridized carbons (Fsp3) is 0. The third-order valence-corrected chi connectivity index (χ3v) is 11.3. The maximum atomic E-state index is 5.34. The summed E-state index contributed by atoms with van der Waals surface area (Å²) in [5, 5.41) is 0. The van der Waals surface area contributed by atoms with Crippen molar-refractivity contribution in [2.24, 2.45) is 15.0 Å². The Hall–Kier alpha value is -4.09. The van der Waals surface area contributed by atoms with Gasteiger partial charge in [-0.1, -0.05) is 148 Å². The topological polar surface area (TPSA) is 50.0 Å². The molecule has 4 aliphatic rings. The van der Waals surface area contributed by atoms with Gasteiger partial charge in [0.05, 0.1) is 17.1 Å². The molecule has 4 nitrogen and oxygen atoms in total. The smallest absolute Gasteiger partial charge is 0.337 e. The molecule has 0 atom stereocenters. The van der Waals surface area contributed by atoms with Crippen molar-refractivity contribution in [2.75, 3.05) is 0 Å². The molecule has 0 unspecified atom stereocenters. The fourth-order valence-corrected chi connectivity index (χ4v) is 7.79. The number of aromatic nitrogens is 1. The van der Waals surface area contributed by atoms with Gasteiger partial charge in [0.15, 0.2) is 0 Å². The van der Waals surface area contributed by atoms with Crippen LogP contribution in [0.2, 0.25) is 0 Å². The average Bonchev–Trinajstić information content (AvgIpc) is 3.99. The zero-order valence-electron chi connectivity index (χ0n) is 27.5. The van der Waals surface area contributed by atoms with E-state index in [1.807, 2.05) is 0 Å². The summed E-state index contributed by atoms with van der Waals surface area (Å²) in [7, 11) is 0. The van der Waals surface area contributed by atoms with E-state index in [4.69, 9.17) is 20.0 Å². The van der Waals surface area contributed by atoms with Crippen molar-refractivity contribution in [2.45, 2.75) is 0 Å². The quantitative estimate of drug-likeness (QED) is 0.166. The van der Waals surface area contributed by atoms with Crippen LogP contribution in [0.25, 0.3) is 16.7 Å². The van der Waals surface area contributed by atoms with Gasteiger partial charge in [0, 0.05) is 40.6 Å². The molecule has 8 bridgehead atoms. The van der Waals surface area contributed by atoms with E-state index in [1.54, 1.807) is 0 Å². The summed E-state index contributed by atoms with van der Waals surface area (Å²) in [6.07, 6.45) is 12.5. The monoisotopic (exact) mass is 983 g/mol. The Labute approximate surface area is 351 Å². The molecule has 9 rings (SSSR count). The Morgan fingerprint density at radius 3 is 1.43 bits per heavy atom. The standard InChI is InChI=1S/C44H24Br4N4.Co/c45-29-9-1-25(2-10-29)41-33-17-19-35(49-33)42(26-3-11-30(46)12-4-26)37-21-23-39(51-37)44(28-7-15-32(48)16-8-28)40-24-22-38(52-40)43(36-20-18-34(41)50-36)27-5-13-31(47)14-6-27;/h1-24H;/q-2;+2. The number of aliphatic imine (C=N–C) groups is 3. The summed E-state index contributed by atoms with van der Waals surface area (Å²) in [5.74, 6) is 0.945. The molecule has 9 heteroatoms. The molecule has 0 amide bonds. The molecule has 257 valence electrons. The maximum absolute atomic E-state index is 5.34. The summed E-state index contributed by atoms with van der Waals surface area (Å²) in [6, 6.07) is 37.5. The van der Waals surface area contributed by atoms with E-state index in [9.17, 15) is 0 Å². The minimum atomic E-state index is 0. The maximum Gasteiger partial charge on any atom is 2.00 e. The van der Waals surface area contributed by atoms with Crippen molar-refractivity contribution in [3.05, 3.63) is 220 Å². The van der Waals surface area contributed by atoms with Crippen LogP contribution in [0.1, 0.15) is 33.6 Å². The Balaban J connectivity index is 0.00000400. The van der Waals surface area contributed by atoms with Crippen LogP contribution < -0.4 is 0 Å². The summed E-state index contributed by atoms with van der Waals surface area (Å²) in [5.41, 5.74) is 13.6. The third-order valence-electron chi connectivity index (χ3n) is 9.14. The van der Waals surface area contributed by atoms with Crippen molar-refractivity contribution < 1.29 is 16.8 Å². The molecule has 0 spiro atoms. The van der Waals surface area contributed by atoms with Crippen LogP contribution in [0, 0.1) is 5.92 Å². The number of nitrogens with zero attached hydrogens (tertiary/aromatic N) is 4. The first-order valence-electron chi connectivity index (χ1n) is 16.5. The summed E-state index contributed by atoms with van der Waals surface area (Å²) >= 11 is 14.5. The van der Waals surface area contributed by atoms with Gasteiger partial charge in [0.25, 0.3) is 0 Å². The van der Waals surface area contributed by atoms with Gasteiger partial charge in [-0.3, -0.25) is 9.98 Å². The molecule has 0 N–H and O–H groups in total. The molecule has 53 heavy (non-hydrogen) atoms. The molecule has 4 aliphatic heterocycles. The first-order valence-corrected chi connectivity index (χ1v) is 19.6. The molecule has 5 heterocycles. The van der Waals surface area contributed by atoms with Crippen LogP contribution in [0.4, 0.5) is 0 Å². The summed E-state index contributed by atoms with van der Waals surface area (Å²) < 4.78 is 4.02. The number of rotatable bonds is 4. The van der Waals surface area contributed by atoms with Gasteiger partial charge >= 0.3 is 16.8 Å². The minimum absolute atomic E-state index is 0. The molecule has 4 aromatic carbocycles. The Morgan fingerprint density at radius 1 is 0.453 bits per heavy atom. The fourth-order valence-electron chi connectivity index (χ4n) is 6.74. The van der Waals surface area contributed by atoms with Crippen molar-refractivity contribution in [1.82, 2.24) is 4.98 Å². The van der Waals surface area contributed by atoms with Crippen molar-refractivity contribution in [3.8, 4) is 0 Å². The van der Waals surface area contributed by atoms with E-state index in [0.29, 0.717) is 0 Å². The minimum Gasteiger partial charge on any atom is -0.337 e. The van der Waals surface area contributed by atoms with Crippen LogP contribution in [0.3, 0.4) is 0 Å². The predicted octanol–water partition coefficient (Wildman–Crippen LogP) is 12.4. The predicted molar refractivity (Wildman–Crippen MR) is 227 cm³/mol. The molecule has 0 saturated carbocycles. The molecule has 0 aliphatic carbocycles. The van der Waals surface area contributed by atoms with Gasteiger partial charge in [0.1, 0.15) is 0 Å². The van der Waals surface area contributed by atoms with E-state index >= 15 is 0 Å². The second-order valence-corrected chi connectivity index (χ2v) is 16.1. The normalized spacial score (nSPS) is 16.0. The number of halogens is 4. The van der Waals surface area contributed by atoms with Gasteiger partial charge in [-0.2, -0.15) is 0 Å². The van der Waals surface area contributed by atoms with Crippen molar-refractivity contribution in [1.29, 1.82) is 0 Å². The number of benzene rings is 4. The van der Waals surface area contributed by atoms with Gasteiger partial charge in [-0.25, -0.2) is 4.99 Å². The average molecular weight is 987 g/mol. The number of hydrogen-bond donors (Lipinski definition) is 0. The first-order chi connectivity index (χ1) is 25.4. The van der Waals surface area contributed by atoms with E-state index < -0.39 is 0 Å². The molecule has 5 aromatic rings. The third kappa shape index (κ3) is 7.02. The molecule has 0 fully saturated rings. The molecular formula is C44H24Br4CoN4. The zero-order valence-corrected chi connectivity index (χ0v) is 34.9. The van der Waals surface area contributed by atoms with Gasteiger partial charge in [0.2, 0.25) is 0 Å². The SMILES string of the molecule is Brc1ccc(C2=C3C=CC(=N3)[C-](c3ccc(Br)cc3)C3=NC(=C(c4ccc(Br)cc4)c4[cH-]cc(n4)C(c4ccc(Br)cc4)=C4C=CC2=N4)C=C3)cc1.[Co+2]. The number of hydrogen-bond acceptors (Lipinski definition) is 4. The first kappa shape index (κ1) is 35.9. The Morgan fingerprint density at radius 2 is 0.887 bits per heavy atom. The van der Waals surface area contributed by atoms with Crippen LogP contribution in [0.15, 0.2) is 196 Å². The van der Waals surface area contributed by atoms with E-state index in [2.05, 4.69) is 209 Å². The summed E-state index contributed by atoms with van der Waals surface area (Å²) in [6.45, 7) is 0. The van der Waals surface area contributed by atoms with Crippen molar-refractivity contribution >= 4 is 97.6 Å². The largest absolute Gasteiger partial charge is 2.00 e. The second kappa shape index (κ2) is 15.0. The van der Waals surface area contributed by atoms with E-state index in [0.717, 1.165) is 108 Å². The van der Waals surface area contributed by atoms with E-state index in [1.165, 1.54) is 0 Å². The van der Waals surface area contributed by atoms with Gasteiger partial charge in [-0.05, 0) is 82.6 Å². The summed E-state index contributed by atoms with van der Waals surface area (Å²) in [4.78, 5) is 21.4. The van der Waals surface area contributed by atoms with Crippen LogP contribution >= 0.6 is 63.7 Å².